The molecule has 0 fully saturated rings. The van der Waals surface area contributed by atoms with Gasteiger partial charge in [0.25, 0.3) is 0 Å². The first-order chi connectivity index (χ1) is 12.6. The zero-order chi connectivity index (χ0) is 18.4. The summed E-state index contributed by atoms with van der Waals surface area (Å²) in [6, 6.07) is 14.5. The van der Waals surface area contributed by atoms with Gasteiger partial charge >= 0.3 is 6.61 Å². The number of halogens is 2. The molecule has 3 aromatic rings. The van der Waals surface area contributed by atoms with Crippen molar-refractivity contribution in [2.75, 3.05) is 5.32 Å². The van der Waals surface area contributed by atoms with E-state index < -0.39 is 6.61 Å². The number of nitrogens with zero attached hydrogens (tertiary/aromatic N) is 1. The zero-order valence-corrected chi connectivity index (χ0v) is 16.1. The van der Waals surface area contributed by atoms with Crippen molar-refractivity contribution in [2.24, 2.45) is 0 Å². The Balaban J connectivity index is 1.68. The Morgan fingerprint density at radius 3 is 2.04 bits per heavy atom. The van der Waals surface area contributed by atoms with Crippen LogP contribution in [0.15, 0.2) is 59.3 Å². The lowest BCUT2D eigenvalue weighted by atomic mass is 10.3. The van der Waals surface area contributed by atoms with Crippen molar-refractivity contribution in [3.05, 3.63) is 69.0 Å². The van der Waals surface area contributed by atoms with Crippen molar-refractivity contribution in [3.8, 4) is 5.75 Å². The second kappa shape index (κ2) is 9.07. The van der Waals surface area contributed by atoms with Crippen LogP contribution in [0.4, 0.5) is 14.5 Å². The normalized spacial score (nSPS) is 10.7. The fourth-order valence-corrected chi connectivity index (χ4v) is 3.99. The molecule has 0 atom stereocenters. The van der Waals surface area contributed by atoms with Crippen LogP contribution in [0.25, 0.3) is 0 Å². The molecule has 0 saturated heterocycles. The van der Waals surface area contributed by atoms with Gasteiger partial charge in [-0.2, -0.15) is 8.78 Å². The molecule has 1 aromatic carbocycles. The van der Waals surface area contributed by atoms with Gasteiger partial charge in [-0.1, -0.05) is 12.1 Å². The van der Waals surface area contributed by atoms with Gasteiger partial charge < -0.3 is 15.0 Å². The largest absolute Gasteiger partial charge is 0.435 e. The van der Waals surface area contributed by atoms with Crippen LogP contribution in [0.5, 0.6) is 5.75 Å². The fourth-order valence-electron chi connectivity index (χ4n) is 2.30. The lowest BCUT2D eigenvalue weighted by molar-refractivity contribution is -0.0498. The maximum absolute atomic E-state index is 12.2. The van der Waals surface area contributed by atoms with E-state index in [0.717, 1.165) is 5.69 Å². The van der Waals surface area contributed by atoms with E-state index >= 15 is 0 Å². The van der Waals surface area contributed by atoms with Crippen LogP contribution in [0.2, 0.25) is 0 Å². The third-order valence-electron chi connectivity index (χ3n) is 3.47. The Bertz CT molecular complexity index is 769. The summed E-state index contributed by atoms with van der Waals surface area (Å²) in [6.07, 6.45) is 0. The number of nitrogens with one attached hydrogen (secondary N) is 1. The molecule has 0 spiro atoms. The molecule has 0 aliphatic rings. The summed E-state index contributed by atoms with van der Waals surface area (Å²) in [5, 5.41) is 7.83. The minimum Gasteiger partial charge on any atom is -0.435 e. The molecule has 8 heteroatoms. The number of hydrogen-bond donors (Lipinski definition) is 1. The van der Waals surface area contributed by atoms with Crippen LogP contribution < -0.4 is 10.1 Å². The fraction of sp³-hybridized carbons (Fsp3) is 0.167. The molecule has 136 valence electrons. The van der Waals surface area contributed by atoms with Crippen molar-refractivity contribution in [3.63, 3.8) is 0 Å². The molecule has 0 aliphatic carbocycles. The van der Waals surface area contributed by atoms with Crippen molar-refractivity contribution in [1.82, 2.24) is 4.90 Å². The van der Waals surface area contributed by atoms with Gasteiger partial charge in [-0.3, -0.25) is 0 Å². The predicted octanol–water partition coefficient (Wildman–Crippen LogP) is 5.81. The van der Waals surface area contributed by atoms with E-state index in [1.807, 2.05) is 22.9 Å². The molecule has 1 N–H and O–H groups in total. The number of rotatable bonds is 7. The maximum atomic E-state index is 12.2. The van der Waals surface area contributed by atoms with Gasteiger partial charge in [0, 0.05) is 15.4 Å². The lowest BCUT2D eigenvalue weighted by Crippen LogP contribution is -2.33. The quantitative estimate of drug-likeness (QED) is 0.497. The van der Waals surface area contributed by atoms with E-state index in [9.17, 15) is 8.78 Å². The molecule has 26 heavy (non-hydrogen) atoms. The van der Waals surface area contributed by atoms with Crippen LogP contribution in [-0.2, 0) is 13.1 Å². The first kappa shape index (κ1) is 18.8. The summed E-state index contributed by atoms with van der Waals surface area (Å²) in [4.78, 5) is 4.51. The minimum atomic E-state index is -2.83. The standard InChI is InChI=1S/C18H16F2N2OS3/c19-17(20)23-14-7-5-13(6-8-14)21-18(24)22(11-15-3-1-9-25-15)12-16-4-2-10-26-16/h1-10,17H,11-12H2,(H,21,24). The molecular formula is C18H16F2N2OS3. The van der Waals surface area contributed by atoms with E-state index in [-0.39, 0.29) is 5.75 Å². The summed E-state index contributed by atoms with van der Waals surface area (Å²) >= 11 is 8.94. The van der Waals surface area contributed by atoms with Gasteiger partial charge in [-0.05, 0) is 59.4 Å². The molecule has 3 nitrogen and oxygen atoms in total. The summed E-state index contributed by atoms with van der Waals surface area (Å²) in [7, 11) is 0. The van der Waals surface area contributed by atoms with E-state index in [1.54, 1.807) is 34.8 Å². The van der Waals surface area contributed by atoms with Crippen LogP contribution in [-0.4, -0.2) is 16.6 Å². The highest BCUT2D eigenvalue weighted by Gasteiger charge is 2.13. The number of alkyl halides is 2. The van der Waals surface area contributed by atoms with Crippen LogP contribution in [0.3, 0.4) is 0 Å². The van der Waals surface area contributed by atoms with Gasteiger partial charge in [-0.15, -0.1) is 22.7 Å². The zero-order valence-electron chi connectivity index (χ0n) is 13.6. The smallest absolute Gasteiger partial charge is 0.387 e. The van der Waals surface area contributed by atoms with Gasteiger partial charge in [0.2, 0.25) is 0 Å². The molecule has 2 aromatic heterocycles. The van der Waals surface area contributed by atoms with Gasteiger partial charge in [0.15, 0.2) is 5.11 Å². The first-order valence-corrected chi connectivity index (χ1v) is 9.92. The monoisotopic (exact) mass is 410 g/mol. The van der Waals surface area contributed by atoms with E-state index in [0.29, 0.717) is 18.2 Å². The molecular weight excluding hydrogens is 394 g/mol. The number of ether oxygens (including phenoxy) is 1. The first-order valence-electron chi connectivity index (χ1n) is 7.76. The minimum absolute atomic E-state index is 0.116. The summed E-state index contributed by atoms with van der Waals surface area (Å²) in [6.45, 7) is -1.43. The van der Waals surface area contributed by atoms with E-state index in [2.05, 4.69) is 27.1 Å². The Labute approximate surface area is 163 Å². The molecule has 0 radical (unpaired) electrons. The molecule has 0 amide bonds. The number of anilines is 1. The molecule has 0 aliphatic heterocycles. The van der Waals surface area contributed by atoms with Gasteiger partial charge in [0.05, 0.1) is 13.1 Å². The molecule has 2 heterocycles. The van der Waals surface area contributed by atoms with Gasteiger partial charge in [0.1, 0.15) is 5.75 Å². The average Bonchev–Trinajstić information content (AvgIpc) is 3.29. The van der Waals surface area contributed by atoms with Crippen molar-refractivity contribution in [2.45, 2.75) is 19.7 Å². The number of thiophene rings is 2. The SMILES string of the molecule is FC(F)Oc1ccc(NC(=S)N(Cc2cccs2)Cc2cccs2)cc1. The second-order valence-electron chi connectivity index (χ2n) is 5.35. The third kappa shape index (κ3) is 5.48. The Kier molecular flexibility index (Phi) is 6.54. The van der Waals surface area contributed by atoms with E-state index in [1.165, 1.54) is 21.9 Å². The molecule has 3 rings (SSSR count). The van der Waals surface area contributed by atoms with Crippen LogP contribution >= 0.6 is 34.9 Å². The Hall–Kier alpha value is -2.03. The molecule has 0 bridgehead atoms. The predicted molar refractivity (Wildman–Crippen MR) is 107 cm³/mol. The highest BCUT2D eigenvalue weighted by Crippen LogP contribution is 2.21. The maximum Gasteiger partial charge on any atom is 0.387 e. The molecule has 0 unspecified atom stereocenters. The summed E-state index contributed by atoms with van der Waals surface area (Å²) in [5.41, 5.74) is 0.721. The van der Waals surface area contributed by atoms with Crippen LogP contribution in [0, 0.1) is 0 Å². The highest BCUT2D eigenvalue weighted by atomic mass is 32.1. The Morgan fingerprint density at radius 1 is 1.00 bits per heavy atom. The number of thiocarbonyl (C=S) groups is 1. The lowest BCUT2D eigenvalue weighted by Gasteiger charge is -2.25. The number of benzene rings is 1. The average molecular weight is 411 g/mol. The molecule has 0 saturated carbocycles. The van der Waals surface area contributed by atoms with Gasteiger partial charge in [-0.25, -0.2) is 0 Å². The van der Waals surface area contributed by atoms with Crippen molar-refractivity contribution >= 4 is 45.7 Å². The number of hydrogen-bond acceptors (Lipinski definition) is 4. The summed E-state index contributed by atoms with van der Waals surface area (Å²) in [5.74, 6) is 0.116. The van der Waals surface area contributed by atoms with Crippen LogP contribution in [0.1, 0.15) is 9.75 Å². The van der Waals surface area contributed by atoms with Crippen molar-refractivity contribution in [1.29, 1.82) is 0 Å². The van der Waals surface area contributed by atoms with Crippen molar-refractivity contribution < 1.29 is 13.5 Å². The third-order valence-corrected chi connectivity index (χ3v) is 5.55. The topological polar surface area (TPSA) is 24.5 Å². The van der Waals surface area contributed by atoms with E-state index in [4.69, 9.17) is 12.2 Å². The second-order valence-corrected chi connectivity index (χ2v) is 7.80. The Morgan fingerprint density at radius 2 is 1.58 bits per heavy atom. The highest BCUT2D eigenvalue weighted by molar-refractivity contribution is 7.80. The summed E-state index contributed by atoms with van der Waals surface area (Å²) < 4.78 is 28.8.